The molecule has 4 N–H and O–H groups in total. The van der Waals surface area contributed by atoms with Crippen LogP contribution in [0.5, 0.6) is 0 Å². The van der Waals surface area contributed by atoms with E-state index in [1.165, 1.54) is 4.68 Å². The van der Waals surface area contributed by atoms with E-state index in [1.54, 1.807) is 7.05 Å². The average Bonchev–Trinajstić information content (AvgIpc) is 2.33. The van der Waals surface area contributed by atoms with Crippen LogP contribution in [0.1, 0.15) is 0 Å². The van der Waals surface area contributed by atoms with E-state index < -0.39 is 0 Å². The number of nitrogen functional groups attached to an aromatic ring is 2. The zero-order valence-corrected chi connectivity index (χ0v) is 6.39. The van der Waals surface area contributed by atoms with E-state index in [2.05, 4.69) is 20.3 Å². The van der Waals surface area contributed by atoms with Crippen LogP contribution in [0.2, 0.25) is 0 Å². The minimum absolute atomic E-state index is 0.130. The molecule has 0 atom stereocenters. The summed E-state index contributed by atoms with van der Waals surface area (Å²) in [5.41, 5.74) is 11.9. The molecule has 2 rings (SSSR count). The van der Waals surface area contributed by atoms with Gasteiger partial charge < -0.3 is 11.5 Å². The molecule has 0 amide bonds. The van der Waals surface area contributed by atoms with Crippen molar-refractivity contribution in [3.63, 3.8) is 0 Å². The average molecular weight is 165 g/mol. The Morgan fingerprint density at radius 3 is 2.75 bits per heavy atom. The monoisotopic (exact) mass is 165 g/mol. The molecule has 7 heteroatoms. The molecule has 62 valence electrons. The van der Waals surface area contributed by atoms with Crippen molar-refractivity contribution in [2.75, 3.05) is 11.5 Å². The number of hydrogen-bond donors (Lipinski definition) is 2. The van der Waals surface area contributed by atoms with Crippen molar-refractivity contribution in [1.29, 1.82) is 0 Å². The third-order valence-corrected chi connectivity index (χ3v) is 1.50. The Bertz CT molecular complexity index is 431. The minimum atomic E-state index is 0.130. The van der Waals surface area contributed by atoms with E-state index in [9.17, 15) is 0 Å². The molecule has 0 fully saturated rings. The smallest absolute Gasteiger partial charge is 0.224 e. The normalized spacial score (nSPS) is 10.8. The van der Waals surface area contributed by atoms with Gasteiger partial charge in [0.05, 0.1) is 0 Å². The summed E-state index contributed by atoms with van der Waals surface area (Å²) in [4.78, 5) is 7.66. The molecular formula is C5H7N7. The van der Waals surface area contributed by atoms with Crippen LogP contribution < -0.4 is 11.5 Å². The van der Waals surface area contributed by atoms with E-state index in [-0.39, 0.29) is 11.8 Å². The predicted molar refractivity (Wildman–Crippen MR) is 42.9 cm³/mol. The van der Waals surface area contributed by atoms with Crippen LogP contribution in [-0.2, 0) is 7.05 Å². The molecule has 7 nitrogen and oxygen atoms in total. The maximum atomic E-state index is 5.52. The lowest BCUT2D eigenvalue weighted by atomic mass is 10.5. The van der Waals surface area contributed by atoms with Gasteiger partial charge in [0.25, 0.3) is 0 Å². The van der Waals surface area contributed by atoms with Crippen molar-refractivity contribution < 1.29 is 0 Å². The fourth-order valence-electron chi connectivity index (χ4n) is 0.953. The van der Waals surface area contributed by atoms with Gasteiger partial charge in [0.15, 0.2) is 17.0 Å². The summed E-state index contributed by atoms with van der Waals surface area (Å²) < 4.78 is 1.49. The van der Waals surface area contributed by atoms with Gasteiger partial charge >= 0.3 is 0 Å². The number of nitrogens with zero attached hydrogens (tertiary/aromatic N) is 5. The molecule has 0 saturated heterocycles. The maximum Gasteiger partial charge on any atom is 0.224 e. The van der Waals surface area contributed by atoms with Crippen LogP contribution in [0, 0.1) is 0 Å². The molecular weight excluding hydrogens is 158 g/mol. The number of fused-ring (bicyclic) bond motifs is 1. The SMILES string of the molecule is Cn1nnc2c(N)nc(N)nc21. The summed E-state index contributed by atoms with van der Waals surface area (Å²) in [6.07, 6.45) is 0. The Hall–Kier alpha value is -1.92. The van der Waals surface area contributed by atoms with Gasteiger partial charge in [0, 0.05) is 7.05 Å². The Morgan fingerprint density at radius 2 is 2.00 bits per heavy atom. The van der Waals surface area contributed by atoms with Crippen LogP contribution in [0.4, 0.5) is 11.8 Å². The molecule has 0 bridgehead atoms. The van der Waals surface area contributed by atoms with Gasteiger partial charge in [-0.15, -0.1) is 5.10 Å². The predicted octanol–water partition coefficient (Wildman–Crippen LogP) is -1.08. The van der Waals surface area contributed by atoms with Crippen LogP contribution >= 0.6 is 0 Å². The summed E-state index contributed by atoms with van der Waals surface area (Å²) in [5, 5.41) is 7.49. The number of aromatic nitrogens is 5. The zero-order chi connectivity index (χ0) is 8.72. The Kier molecular flexibility index (Phi) is 1.15. The van der Waals surface area contributed by atoms with Gasteiger partial charge in [-0.1, -0.05) is 5.21 Å². The molecule has 0 aliphatic rings. The first-order chi connectivity index (χ1) is 5.68. The van der Waals surface area contributed by atoms with E-state index in [0.717, 1.165) is 0 Å². The van der Waals surface area contributed by atoms with Gasteiger partial charge in [-0.25, -0.2) is 4.68 Å². The highest BCUT2D eigenvalue weighted by Crippen LogP contribution is 2.13. The Morgan fingerprint density at radius 1 is 1.25 bits per heavy atom. The van der Waals surface area contributed by atoms with E-state index in [0.29, 0.717) is 11.2 Å². The molecule has 0 aliphatic heterocycles. The highest BCUT2D eigenvalue weighted by Gasteiger charge is 2.08. The van der Waals surface area contributed by atoms with Crippen molar-refractivity contribution in [2.24, 2.45) is 7.05 Å². The Labute approximate surface area is 67.4 Å². The molecule has 0 radical (unpaired) electrons. The summed E-state index contributed by atoms with van der Waals surface area (Å²) in [6, 6.07) is 0. The lowest BCUT2D eigenvalue weighted by Gasteiger charge is -1.95. The molecule has 2 aromatic rings. The zero-order valence-electron chi connectivity index (χ0n) is 6.39. The molecule has 12 heavy (non-hydrogen) atoms. The lowest BCUT2D eigenvalue weighted by molar-refractivity contribution is 0.730. The second-order valence-electron chi connectivity index (χ2n) is 2.35. The fourth-order valence-corrected chi connectivity index (χ4v) is 0.953. The molecule has 0 spiro atoms. The number of hydrogen-bond acceptors (Lipinski definition) is 6. The third kappa shape index (κ3) is 0.760. The van der Waals surface area contributed by atoms with Gasteiger partial charge in [0.1, 0.15) is 0 Å². The van der Waals surface area contributed by atoms with Crippen LogP contribution in [0.15, 0.2) is 0 Å². The Balaban J connectivity index is 2.92. The van der Waals surface area contributed by atoms with Crippen molar-refractivity contribution in [1.82, 2.24) is 25.0 Å². The summed E-state index contributed by atoms with van der Waals surface area (Å²) >= 11 is 0. The van der Waals surface area contributed by atoms with E-state index in [1.807, 2.05) is 0 Å². The second kappa shape index (κ2) is 2.03. The standard InChI is InChI=1S/C5H7N7/c1-12-4-2(10-11-12)3(6)8-5(7)9-4/h1H3,(H4,6,7,8,9). The number of anilines is 2. The summed E-state index contributed by atoms with van der Waals surface area (Å²) in [6.45, 7) is 0. The van der Waals surface area contributed by atoms with Gasteiger partial charge in [-0.3, -0.25) is 0 Å². The van der Waals surface area contributed by atoms with Crippen molar-refractivity contribution in [3.8, 4) is 0 Å². The largest absolute Gasteiger partial charge is 0.382 e. The molecule has 0 aromatic carbocycles. The van der Waals surface area contributed by atoms with Crippen molar-refractivity contribution in [2.45, 2.75) is 0 Å². The second-order valence-corrected chi connectivity index (χ2v) is 2.35. The van der Waals surface area contributed by atoms with Crippen LogP contribution in [0.25, 0.3) is 11.2 Å². The quantitative estimate of drug-likeness (QED) is 0.514. The first-order valence-electron chi connectivity index (χ1n) is 3.27. The highest BCUT2D eigenvalue weighted by atomic mass is 15.4. The van der Waals surface area contributed by atoms with E-state index in [4.69, 9.17) is 11.5 Å². The van der Waals surface area contributed by atoms with Crippen molar-refractivity contribution >= 4 is 22.9 Å². The third-order valence-electron chi connectivity index (χ3n) is 1.50. The fraction of sp³-hybridized carbons (Fsp3) is 0.200. The molecule has 2 heterocycles. The number of aryl methyl sites for hydroxylation is 1. The summed E-state index contributed by atoms with van der Waals surface area (Å²) in [5.74, 6) is 0.385. The summed E-state index contributed by atoms with van der Waals surface area (Å²) in [7, 11) is 1.71. The first-order valence-corrected chi connectivity index (χ1v) is 3.27. The minimum Gasteiger partial charge on any atom is -0.382 e. The molecule has 2 aromatic heterocycles. The molecule has 0 saturated carbocycles. The lowest BCUT2D eigenvalue weighted by Crippen LogP contribution is -2.01. The van der Waals surface area contributed by atoms with Gasteiger partial charge in [-0.2, -0.15) is 9.97 Å². The van der Waals surface area contributed by atoms with Gasteiger partial charge in [-0.05, 0) is 0 Å². The highest BCUT2D eigenvalue weighted by molar-refractivity contribution is 5.81. The van der Waals surface area contributed by atoms with Gasteiger partial charge in [0.2, 0.25) is 5.95 Å². The van der Waals surface area contributed by atoms with Crippen LogP contribution in [-0.4, -0.2) is 25.0 Å². The van der Waals surface area contributed by atoms with E-state index >= 15 is 0 Å². The van der Waals surface area contributed by atoms with Crippen molar-refractivity contribution in [3.05, 3.63) is 0 Å². The maximum absolute atomic E-state index is 5.52. The van der Waals surface area contributed by atoms with Crippen LogP contribution in [0.3, 0.4) is 0 Å². The number of rotatable bonds is 0. The first kappa shape index (κ1) is 6.77. The topological polar surface area (TPSA) is 109 Å². The number of nitrogens with two attached hydrogens (primary N) is 2. The molecule has 0 aliphatic carbocycles. The molecule has 0 unspecified atom stereocenters.